The van der Waals surface area contributed by atoms with E-state index in [1.165, 1.54) is 18.7 Å². The second kappa shape index (κ2) is 8.69. The molecule has 1 aromatic carbocycles. The summed E-state index contributed by atoms with van der Waals surface area (Å²) in [6, 6.07) is 5.73. The van der Waals surface area contributed by atoms with Gasteiger partial charge in [-0.05, 0) is 32.8 Å². The van der Waals surface area contributed by atoms with Crippen molar-refractivity contribution in [2.45, 2.75) is 58.2 Å². The van der Waals surface area contributed by atoms with Crippen molar-refractivity contribution >= 4 is 17.8 Å². The van der Waals surface area contributed by atoms with Crippen molar-refractivity contribution in [3.8, 4) is 5.75 Å². The van der Waals surface area contributed by atoms with E-state index in [2.05, 4.69) is 5.32 Å². The molecule has 7 nitrogen and oxygen atoms in total. The van der Waals surface area contributed by atoms with E-state index in [9.17, 15) is 19.5 Å². The molecule has 2 N–H and O–H groups in total. The van der Waals surface area contributed by atoms with E-state index in [-0.39, 0.29) is 24.3 Å². The van der Waals surface area contributed by atoms with E-state index < -0.39 is 18.1 Å². The maximum Gasteiger partial charge on any atom is 0.326 e. The molecule has 0 spiro atoms. The van der Waals surface area contributed by atoms with Crippen molar-refractivity contribution in [3.05, 3.63) is 29.8 Å². The van der Waals surface area contributed by atoms with E-state index in [1.54, 1.807) is 12.1 Å². The highest BCUT2D eigenvalue weighted by Gasteiger charge is 2.39. The standard InChI is InChI=1S/C19H26N2O5/c1-4-26-17-8-6-5-7-15(17)16(20-13(3)22)11-18(23)21(14-9-10-14)12(2)19(24)25/h5-8,12,14,16H,4,9-11H2,1-3H3,(H,20,22)(H,24,25). The molecule has 26 heavy (non-hydrogen) atoms. The first-order valence-corrected chi connectivity index (χ1v) is 8.87. The number of carbonyl (C=O) groups excluding carboxylic acids is 2. The summed E-state index contributed by atoms with van der Waals surface area (Å²) in [5.41, 5.74) is 0.705. The third-order valence-electron chi connectivity index (χ3n) is 4.35. The Morgan fingerprint density at radius 3 is 2.50 bits per heavy atom. The van der Waals surface area contributed by atoms with E-state index in [0.717, 1.165) is 12.8 Å². The van der Waals surface area contributed by atoms with Crippen LogP contribution in [0.5, 0.6) is 5.75 Å². The molecular formula is C19H26N2O5. The maximum absolute atomic E-state index is 12.9. The number of amides is 2. The normalized spacial score (nSPS) is 15.7. The fraction of sp³-hybridized carbons (Fsp3) is 0.526. The van der Waals surface area contributed by atoms with Gasteiger partial charge in [-0.3, -0.25) is 9.59 Å². The first kappa shape index (κ1) is 19.8. The number of nitrogens with one attached hydrogen (secondary N) is 1. The molecule has 0 aromatic heterocycles. The van der Waals surface area contributed by atoms with Crippen LogP contribution in [0.2, 0.25) is 0 Å². The summed E-state index contributed by atoms with van der Waals surface area (Å²) >= 11 is 0. The van der Waals surface area contributed by atoms with Crippen LogP contribution in [-0.2, 0) is 14.4 Å². The van der Waals surface area contributed by atoms with Crippen molar-refractivity contribution in [1.82, 2.24) is 10.2 Å². The van der Waals surface area contributed by atoms with Gasteiger partial charge in [-0.25, -0.2) is 4.79 Å². The van der Waals surface area contributed by atoms with Gasteiger partial charge >= 0.3 is 5.97 Å². The number of carboxylic acid groups (broad SMARTS) is 1. The van der Waals surface area contributed by atoms with Crippen LogP contribution in [0, 0.1) is 0 Å². The van der Waals surface area contributed by atoms with E-state index in [0.29, 0.717) is 17.9 Å². The molecule has 0 bridgehead atoms. The number of carboxylic acids is 1. The summed E-state index contributed by atoms with van der Waals surface area (Å²) in [5.74, 6) is -0.979. The van der Waals surface area contributed by atoms with Crippen LogP contribution in [0.4, 0.5) is 0 Å². The highest BCUT2D eigenvalue weighted by molar-refractivity contribution is 5.85. The molecule has 0 heterocycles. The summed E-state index contributed by atoms with van der Waals surface area (Å²) in [6.45, 7) is 5.22. The van der Waals surface area contributed by atoms with Gasteiger partial charge in [0.25, 0.3) is 0 Å². The zero-order valence-electron chi connectivity index (χ0n) is 15.4. The van der Waals surface area contributed by atoms with Crippen LogP contribution in [-0.4, -0.2) is 46.5 Å². The number of benzene rings is 1. The molecule has 1 fully saturated rings. The third-order valence-corrected chi connectivity index (χ3v) is 4.35. The lowest BCUT2D eigenvalue weighted by atomic mass is 10.0. The van der Waals surface area contributed by atoms with Crippen molar-refractivity contribution in [2.24, 2.45) is 0 Å². The number of ether oxygens (including phenoxy) is 1. The first-order chi connectivity index (χ1) is 12.3. The smallest absolute Gasteiger partial charge is 0.326 e. The Hall–Kier alpha value is -2.57. The molecular weight excluding hydrogens is 336 g/mol. The van der Waals surface area contributed by atoms with Gasteiger partial charge in [-0.1, -0.05) is 18.2 Å². The highest BCUT2D eigenvalue weighted by atomic mass is 16.5. The molecule has 0 aliphatic heterocycles. The van der Waals surface area contributed by atoms with Gasteiger partial charge in [-0.2, -0.15) is 0 Å². The highest BCUT2D eigenvalue weighted by Crippen LogP contribution is 2.32. The lowest BCUT2D eigenvalue weighted by Gasteiger charge is -2.29. The molecule has 1 aliphatic rings. The zero-order chi connectivity index (χ0) is 19.3. The minimum atomic E-state index is -1.03. The number of aliphatic carboxylic acids is 1. The monoisotopic (exact) mass is 362 g/mol. The molecule has 2 amide bonds. The molecule has 142 valence electrons. The first-order valence-electron chi connectivity index (χ1n) is 8.87. The zero-order valence-corrected chi connectivity index (χ0v) is 15.4. The summed E-state index contributed by atoms with van der Waals surface area (Å²) < 4.78 is 5.62. The second-order valence-corrected chi connectivity index (χ2v) is 6.47. The summed E-state index contributed by atoms with van der Waals surface area (Å²) in [4.78, 5) is 37.3. The van der Waals surface area contributed by atoms with Crippen LogP contribution in [0.3, 0.4) is 0 Å². The lowest BCUT2D eigenvalue weighted by molar-refractivity contribution is -0.150. The van der Waals surface area contributed by atoms with Crippen LogP contribution in [0.1, 0.15) is 51.6 Å². The predicted molar refractivity (Wildman–Crippen MR) is 95.8 cm³/mol. The minimum Gasteiger partial charge on any atom is -0.494 e. The molecule has 2 unspecified atom stereocenters. The summed E-state index contributed by atoms with van der Waals surface area (Å²) in [5, 5.41) is 12.1. The quantitative estimate of drug-likeness (QED) is 0.701. The van der Waals surface area contributed by atoms with Gasteiger partial charge in [0.05, 0.1) is 19.1 Å². The predicted octanol–water partition coefficient (Wildman–Crippen LogP) is 2.12. The molecule has 1 aliphatic carbocycles. The molecule has 2 atom stereocenters. The van der Waals surface area contributed by atoms with Crippen molar-refractivity contribution in [3.63, 3.8) is 0 Å². The minimum absolute atomic E-state index is 0.0161. The van der Waals surface area contributed by atoms with Gasteiger partial charge in [0.15, 0.2) is 0 Å². The van der Waals surface area contributed by atoms with Gasteiger partial charge < -0.3 is 20.1 Å². The number of carbonyl (C=O) groups is 3. The second-order valence-electron chi connectivity index (χ2n) is 6.47. The van der Waals surface area contributed by atoms with E-state index >= 15 is 0 Å². The summed E-state index contributed by atoms with van der Waals surface area (Å²) in [7, 11) is 0. The molecule has 0 saturated heterocycles. The largest absolute Gasteiger partial charge is 0.494 e. The van der Waals surface area contributed by atoms with Gasteiger partial charge in [0, 0.05) is 18.5 Å². The molecule has 0 radical (unpaired) electrons. The van der Waals surface area contributed by atoms with Crippen molar-refractivity contribution in [1.29, 1.82) is 0 Å². The molecule has 1 saturated carbocycles. The Labute approximate surface area is 153 Å². The molecule has 2 rings (SSSR count). The summed E-state index contributed by atoms with van der Waals surface area (Å²) in [6.07, 6.45) is 1.60. The fourth-order valence-electron chi connectivity index (χ4n) is 3.03. The fourth-order valence-corrected chi connectivity index (χ4v) is 3.03. The van der Waals surface area contributed by atoms with Crippen LogP contribution in [0.15, 0.2) is 24.3 Å². The maximum atomic E-state index is 12.9. The number of para-hydroxylation sites is 1. The third kappa shape index (κ3) is 4.97. The average molecular weight is 362 g/mol. The Morgan fingerprint density at radius 1 is 1.31 bits per heavy atom. The van der Waals surface area contributed by atoms with Crippen LogP contribution in [0.25, 0.3) is 0 Å². The topological polar surface area (TPSA) is 95.9 Å². The van der Waals surface area contributed by atoms with Crippen LogP contribution < -0.4 is 10.1 Å². The van der Waals surface area contributed by atoms with Crippen LogP contribution >= 0.6 is 0 Å². The van der Waals surface area contributed by atoms with E-state index in [4.69, 9.17) is 4.74 Å². The van der Waals surface area contributed by atoms with E-state index in [1.807, 2.05) is 19.1 Å². The number of hydrogen-bond acceptors (Lipinski definition) is 4. The Balaban J connectivity index is 2.26. The Kier molecular flexibility index (Phi) is 6.60. The van der Waals surface area contributed by atoms with Crippen molar-refractivity contribution in [2.75, 3.05) is 6.61 Å². The van der Waals surface area contributed by atoms with Gasteiger partial charge in [-0.15, -0.1) is 0 Å². The average Bonchev–Trinajstić information content (AvgIpc) is 3.39. The number of nitrogens with zero attached hydrogens (tertiary/aromatic N) is 1. The van der Waals surface area contributed by atoms with Crippen molar-refractivity contribution < 1.29 is 24.2 Å². The van der Waals surface area contributed by atoms with Gasteiger partial charge in [0.2, 0.25) is 11.8 Å². The SMILES string of the molecule is CCOc1ccccc1C(CC(=O)N(C1CC1)C(C)C(=O)O)NC(C)=O. The Morgan fingerprint density at radius 2 is 1.96 bits per heavy atom. The Bertz CT molecular complexity index is 672. The number of rotatable bonds is 9. The molecule has 7 heteroatoms. The number of hydrogen-bond donors (Lipinski definition) is 2. The molecule has 1 aromatic rings. The lowest BCUT2D eigenvalue weighted by Crippen LogP contribution is -2.46. The van der Waals surface area contributed by atoms with Gasteiger partial charge in [0.1, 0.15) is 11.8 Å².